The summed E-state index contributed by atoms with van der Waals surface area (Å²) in [6, 6.07) is 5.95. The maximum atomic E-state index is 13.1. The number of carboxylic acid groups (broad SMARTS) is 1. The first-order valence-corrected chi connectivity index (χ1v) is 7.77. The molecule has 2 aromatic rings. The summed E-state index contributed by atoms with van der Waals surface area (Å²) in [7, 11) is 2.70. The molecule has 0 aliphatic rings. The maximum absolute atomic E-state index is 13.1. The van der Waals surface area contributed by atoms with Crippen molar-refractivity contribution < 1.29 is 37.7 Å². The largest absolute Gasteiger partial charge is 0.493 e. The van der Waals surface area contributed by atoms with E-state index in [2.05, 4.69) is 0 Å². The third-order valence-corrected chi connectivity index (χ3v) is 4.02. The van der Waals surface area contributed by atoms with Gasteiger partial charge in [-0.05, 0) is 18.2 Å². The fourth-order valence-corrected chi connectivity index (χ4v) is 2.83. The number of ether oxygens (including phenoxy) is 2. The molecule has 0 aromatic heterocycles. The van der Waals surface area contributed by atoms with Gasteiger partial charge in [0.05, 0.1) is 30.5 Å². The molecule has 10 heteroatoms. The molecule has 146 valence electrons. The lowest BCUT2D eigenvalue weighted by molar-refractivity contribution is -0.137. The number of amides is 1. The molecule has 2 rings (SSSR count). The van der Waals surface area contributed by atoms with Crippen LogP contribution >= 0.6 is 11.6 Å². The number of rotatable bonds is 5. The molecule has 1 unspecified atom stereocenters. The number of nitrogens with one attached hydrogen (secondary N) is 1. The van der Waals surface area contributed by atoms with Crippen LogP contribution in [-0.4, -0.2) is 30.5 Å². The number of anilines is 1. The maximum Gasteiger partial charge on any atom is 0.417 e. The average molecular weight is 406 g/mol. The van der Waals surface area contributed by atoms with Crippen LogP contribution in [0.3, 0.4) is 0 Å². The molecule has 6 nitrogen and oxygen atoms in total. The van der Waals surface area contributed by atoms with Crippen LogP contribution in [0.4, 0.5) is 23.7 Å². The predicted octanol–water partition coefficient (Wildman–Crippen LogP) is 4.55. The fraction of sp³-hybridized carbons (Fsp3) is 0.235. The van der Waals surface area contributed by atoms with Crippen LogP contribution in [0.15, 0.2) is 30.3 Å². The number of halogens is 4. The smallest absolute Gasteiger partial charge is 0.417 e. The number of aliphatic hydroxyl groups excluding tert-OH is 1. The van der Waals surface area contributed by atoms with E-state index in [1.54, 1.807) is 6.07 Å². The molecule has 0 fully saturated rings. The zero-order chi connectivity index (χ0) is 20.4. The first kappa shape index (κ1) is 20.7. The quantitative estimate of drug-likeness (QED) is 0.679. The molecular weight excluding hydrogens is 391 g/mol. The summed E-state index contributed by atoms with van der Waals surface area (Å²) < 4.78 is 49.6. The molecule has 2 aromatic carbocycles. The first-order chi connectivity index (χ1) is 12.6. The Kier molecular flexibility index (Phi) is 6.07. The molecule has 0 radical (unpaired) electrons. The van der Waals surface area contributed by atoms with Gasteiger partial charge >= 0.3 is 12.3 Å². The van der Waals surface area contributed by atoms with Crippen LogP contribution in [0.5, 0.6) is 11.5 Å². The SMILES string of the molecule is COc1cccc(C(O)c2cc(Cl)c(C(F)(F)F)cc2NC(=O)O)c1OC. The highest BCUT2D eigenvalue weighted by Crippen LogP contribution is 2.43. The van der Waals surface area contributed by atoms with Gasteiger partial charge in [0.1, 0.15) is 6.10 Å². The molecule has 0 saturated heterocycles. The van der Waals surface area contributed by atoms with Crippen LogP contribution in [-0.2, 0) is 6.18 Å². The number of para-hydroxylation sites is 1. The standard InChI is InChI=1S/C17H15ClF3NO5/c1-26-13-5-3-4-8(15(13)27-2)14(23)9-6-11(18)10(17(19,20)21)7-12(9)22-16(24)25/h3-7,14,22-23H,1-2H3,(H,24,25). The lowest BCUT2D eigenvalue weighted by atomic mass is 9.97. The van der Waals surface area contributed by atoms with E-state index < -0.39 is 34.6 Å². The van der Waals surface area contributed by atoms with Gasteiger partial charge in [-0.15, -0.1) is 0 Å². The topological polar surface area (TPSA) is 88.0 Å². The van der Waals surface area contributed by atoms with E-state index in [9.17, 15) is 23.1 Å². The molecule has 0 aliphatic heterocycles. The number of alkyl halides is 3. The first-order valence-electron chi connectivity index (χ1n) is 7.39. The second kappa shape index (κ2) is 7.93. The van der Waals surface area contributed by atoms with Crippen molar-refractivity contribution in [3.05, 3.63) is 52.0 Å². The number of hydrogen-bond donors (Lipinski definition) is 3. The van der Waals surface area contributed by atoms with Crippen molar-refractivity contribution in [1.29, 1.82) is 0 Å². The number of hydrogen-bond acceptors (Lipinski definition) is 4. The van der Waals surface area contributed by atoms with Crippen LogP contribution in [0, 0.1) is 0 Å². The Labute approximate surface area is 157 Å². The van der Waals surface area contributed by atoms with Gasteiger partial charge in [0.15, 0.2) is 11.5 Å². The monoisotopic (exact) mass is 405 g/mol. The van der Waals surface area contributed by atoms with Gasteiger partial charge < -0.3 is 19.7 Å². The highest BCUT2D eigenvalue weighted by Gasteiger charge is 2.35. The van der Waals surface area contributed by atoms with Gasteiger partial charge in [-0.1, -0.05) is 23.7 Å². The Balaban J connectivity index is 2.67. The molecule has 0 aliphatic carbocycles. The molecule has 0 bridgehead atoms. The van der Waals surface area contributed by atoms with Crippen molar-refractivity contribution in [2.24, 2.45) is 0 Å². The lowest BCUT2D eigenvalue weighted by Crippen LogP contribution is -2.15. The van der Waals surface area contributed by atoms with Crippen molar-refractivity contribution in [1.82, 2.24) is 0 Å². The van der Waals surface area contributed by atoms with E-state index in [1.165, 1.54) is 26.4 Å². The average Bonchev–Trinajstić information content (AvgIpc) is 2.60. The van der Waals surface area contributed by atoms with Gasteiger partial charge in [0, 0.05) is 11.1 Å². The predicted molar refractivity (Wildman–Crippen MR) is 91.7 cm³/mol. The number of aliphatic hydroxyl groups is 1. The Bertz CT molecular complexity index is 857. The summed E-state index contributed by atoms with van der Waals surface area (Å²) in [5.74, 6) is 0.421. The lowest BCUT2D eigenvalue weighted by Gasteiger charge is -2.21. The van der Waals surface area contributed by atoms with Gasteiger partial charge in [-0.25, -0.2) is 4.79 Å². The van der Waals surface area contributed by atoms with Crippen molar-refractivity contribution in [3.8, 4) is 11.5 Å². The van der Waals surface area contributed by atoms with Crippen LogP contribution in [0.2, 0.25) is 5.02 Å². The van der Waals surface area contributed by atoms with Crippen molar-refractivity contribution >= 4 is 23.4 Å². The summed E-state index contributed by atoms with van der Waals surface area (Å²) >= 11 is 5.72. The minimum absolute atomic E-state index is 0.143. The van der Waals surface area contributed by atoms with Gasteiger partial charge in [0.2, 0.25) is 0 Å². The Morgan fingerprint density at radius 2 is 1.85 bits per heavy atom. The zero-order valence-corrected chi connectivity index (χ0v) is 14.9. The van der Waals surface area contributed by atoms with Crippen LogP contribution in [0.25, 0.3) is 0 Å². The number of carbonyl (C=O) groups is 1. The van der Waals surface area contributed by atoms with Crippen molar-refractivity contribution in [2.45, 2.75) is 12.3 Å². The normalized spacial score (nSPS) is 12.4. The summed E-state index contributed by atoms with van der Waals surface area (Å²) in [4.78, 5) is 11.0. The Hall–Kier alpha value is -2.65. The van der Waals surface area contributed by atoms with Gasteiger partial charge in [-0.2, -0.15) is 13.2 Å². The Morgan fingerprint density at radius 1 is 1.19 bits per heavy atom. The van der Waals surface area contributed by atoms with E-state index in [0.717, 1.165) is 6.07 Å². The second-order valence-corrected chi connectivity index (χ2v) is 5.74. The summed E-state index contributed by atoms with van der Waals surface area (Å²) in [6.45, 7) is 0. The van der Waals surface area contributed by atoms with Crippen molar-refractivity contribution in [3.63, 3.8) is 0 Å². The highest BCUT2D eigenvalue weighted by molar-refractivity contribution is 6.31. The zero-order valence-electron chi connectivity index (χ0n) is 14.1. The molecule has 1 amide bonds. The van der Waals surface area contributed by atoms with Crippen LogP contribution < -0.4 is 14.8 Å². The number of benzene rings is 2. The van der Waals surface area contributed by atoms with E-state index >= 15 is 0 Å². The number of methoxy groups -OCH3 is 2. The van der Waals surface area contributed by atoms with E-state index in [1.807, 2.05) is 5.32 Å². The minimum Gasteiger partial charge on any atom is -0.493 e. The van der Waals surface area contributed by atoms with E-state index in [-0.39, 0.29) is 22.6 Å². The molecule has 1 atom stereocenters. The summed E-state index contributed by atoms with van der Waals surface area (Å²) in [5, 5.41) is 20.8. The molecule has 27 heavy (non-hydrogen) atoms. The van der Waals surface area contributed by atoms with E-state index in [4.69, 9.17) is 26.2 Å². The van der Waals surface area contributed by atoms with Gasteiger partial charge in [-0.3, -0.25) is 5.32 Å². The molecule has 3 N–H and O–H groups in total. The van der Waals surface area contributed by atoms with Crippen LogP contribution in [0.1, 0.15) is 22.8 Å². The molecule has 0 saturated carbocycles. The summed E-state index contributed by atoms with van der Waals surface area (Å²) in [6.07, 6.45) is -7.95. The second-order valence-electron chi connectivity index (χ2n) is 5.33. The molecule has 0 spiro atoms. The van der Waals surface area contributed by atoms with E-state index in [0.29, 0.717) is 6.07 Å². The highest BCUT2D eigenvalue weighted by atomic mass is 35.5. The molecular formula is C17H15ClF3NO5. The fourth-order valence-electron chi connectivity index (χ4n) is 2.55. The minimum atomic E-state index is -4.80. The van der Waals surface area contributed by atoms with Gasteiger partial charge in [0.25, 0.3) is 0 Å². The third kappa shape index (κ3) is 4.37. The third-order valence-electron chi connectivity index (χ3n) is 3.71. The van der Waals surface area contributed by atoms with Crippen molar-refractivity contribution in [2.75, 3.05) is 19.5 Å². The summed E-state index contributed by atoms with van der Waals surface area (Å²) in [5.41, 5.74) is -1.72. The molecule has 0 heterocycles. The Morgan fingerprint density at radius 3 is 2.37 bits per heavy atom.